The van der Waals surface area contributed by atoms with Crippen molar-refractivity contribution in [3.05, 3.63) is 27.7 Å². The predicted molar refractivity (Wildman–Crippen MR) is 155 cm³/mol. The van der Waals surface area contributed by atoms with Crippen LogP contribution in [0.15, 0.2) is 0 Å². The summed E-state index contributed by atoms with van der Waals surface area (Å²) in [5.74, 6) is 0. The van der Waals surface area contributed by atoms with Crippen LogP contribution >= 0.6 is 0 Å². The molecule has 0 unspecified atom stereocenters. The van der Waals surface area contributed by atoms with E-state index < -0.39 is 0 Å². The number of hydrogen-bond acceptors (Lipinski definition) is 0. The molecule has 0 amide bonds. The second-order valence-electron chi connectivity index (χ2n) is 9.07. The van der Waals surface area contributed by atoms with Crippen LogP contribution in [0, 0.1) is 27.7 Å². The Hall–Kier alpha value is 0.623. The maximum Gasteiger partial charge on any atom is 0 e. The first-order valence-electron chi connectivity index (χ1n) is 14.8. The molecule has 0 aromatic carbocycles. The SMILES string of the molecule is [CH2-]CCC.[CH2-]CCC.[CH2-]CCCCCCCCCCC.[CH2-]CCCCCCCCCCC.[Zn]. The Bertz CT molecular complexity index is 179. The Morgan fingerprint density at radius 3 is 0.606 bits per heavy atom. The van der Waals surface area contributed by atoms with Crippen molar-refractivity contribution in [1.82, 2.24) is 0 Å². The maximum atomic E-state index is 3.84. The van der Waals surface area contributed by atoms with Crippen LogP contribution in [0.1, 0.15) is 182 Å². The first-order chi connectivity index (χ1) is 15.7. The van der Waals surface area contributed by atoms with Gasteiger partial charge >= 0.3 is 0 Å². The van der Waals surface area contributed by atoms with Gasteiger partial charge in [-0.2, -0.15) is 25.7 Å². The summed E-state index contributed by atoms with van der Waals surface area (Å²) in [5.41, 5.74) is 0. The van der Waals surface area contributed by atoms with Gasteiger partial charge in [0.25, 0.3) is 0 Å². The van der Waals surface area contributed by atoms with Crippen molar-refractivity contribution in [3.8, 4) is 0 Å². The van der Waals surface area contributed by atoms with E-state index in [1.54, 1.807) is 0 Å². The van der Waals surface area contributed by atoms with Crippen molar-refractivity contribution < 1.29 is 19.5 Å². The third-order valence-electron chi connectivity index (χ3n) is 5.41. The molecule has 0 aliphatic rings. The first kappa shape index (κ1) is 43.7. The van der Waals surface area contributed by atoms with Gasteiger partial charge in [-0.15, -0.1) is 0 Å². The van der Waals surface area contributed by atoms with Gasteiger partial charge in [-0.05, 0) is 0 Å². The molecule has 0 rings (SSSR count). The van der Waals surface area contributed by atoms with Gasteiger partial charge in [-0.25, -0.2) is 0 Å². The molecule has 0 aliphatic carbocycles. The standard InChI is InChI=1S/2C12H25.2C4H9.Zn/c2*1-3-5-7-9-11-12-10-8-6-4-2;2*1-3-4-2;/h2*1,3-12H2,2H3;2*1,3-4H2,2H3;/q4*-1;. The van der Waals surface area contributed by atoms with E-state index in [1.807, 2.05) is 0 Å². The van der Waals surface area contributed by atoms with Crippen LogP contribution in [0.2, 0.25) is 0 Å². The second kappa shape index (κ2) is 53.8. The smallest absolute Gasteiger partial charge is 0 e. The molecular formula is C32H68Zn-4. The quantitative estimate of drug-likeness (QED) is 0.0855. The number of hydrogen-bond donors (Lipinski definition) is 0. The predicted octanol–water partition coefficient (Wildman–Crippen LogP) is 12.7. The molecule has 0 saturated carbocycles. The van der Waals surface area contributed by atoms with Crippen LogP contribution in [0.25, 0.3) is 0 Å². The normalized spacial score (nSPS) is 9.45. The molecular weight excluding hydrogens is 450 g/mol. The number of rotatable bonds is 20. The Balaban J connectivity index is -0.000000117. The van der Waals surface area contributed by atoms with Crippen LogP contribution in [-0.4, -0.2) is 0 Å². The molecule has 0 aromatic rings. The van der Waals surface area contributed by atoms with E-state index in [2.05, 4.69) is 55.4 Å². The number of unbranched alkanes of at least 4 members (excludes halogenated alkanes) is 20. The minimum Gasteiger partial charge on any atom is -0.343 e. The molecule has 33 heavy (non-hydrogen) atoms. The molecule has 0 saturated heterocycles. The van der Waals surface area contributed by atoms with E-state index in [0.29, 0.717) is 0 Å². The summed E-state index contributed by atoms with van der Waals surface area (Å²) in [6.07, 6.45) is 32.3. The van der Waals surface area contributed by atoms with Crippen LogP contribution in [-0.2, 0) is 19.5 Å². The zero-order valence-electron chi connectivity index (χ0n) is 24.5. The Morgan fingerprint density at radius 1 is 0.273 bits per heavy atom. The third kappa shape index (κ3) is 71.9. The average Bonchev–Trinajstić information content (AvgIpc) is 2.83. The van der Waals surface area contributed by atoms with Crippen LogP contribution < -0.4 is 0 Å². The summed E-state index contributed by atoms with van der Waals surface area (Å²) in [6, 6.07) is 0. The summed E-state index contributed by atoms with van der Waals surface area (Å²) in [6.45, 7) is 23.7. The average molecular weight is 518 g/mol. The molecule has 1 heteroatoms. The van der Waals surface area contributed by atoms with Crippen molar-refractivity contribution >= 4 is 0 Å². The largest absolute Gasteiger partial charge is 0.343 e. The van der Waals surface area contributed by atoms with E-state index in [1.165, 1.54) is 128 Å². The molecule has 0 bridgehead atoms. The van der Waals surface area contributed by atoms with Gasteiger partial charge in [0.2, 0.25) is 0 Å². The minimum atomic E-state index is 0. The molecule has 0 atom stereocenters. The van der Waals surface area contributed by atoms with E-state index >= 15 is 0 Å². The van der Waals surface area contributed by atoms with Gasteiger partial charge < -0.3 is 27.7 Å². The van der Waals surface area contributed by atoms with Gasteiger partial charge in [0.1, 0.15) is 0 Å². The monoisotopic (exact) mass is 516 g/mol. The van der Waals surface area contributed by atoms with Gasteiger partial charge in [0.05, 0.1) is 0 Å². The van der Waals surface area contributed by atoms with E-state index in [0.717, 1.165) is 25.7 Å². The summed E-state index contributed by atoms with van der Waals surface area (Å²) < 4.78 is 0. The fourth-order valence-electron chi connectivity index (χ4n) is 2.97. The van der Waals surface area contributed by atoms with Crippen LogP contribution in [0.4, 0.5) is 0 Å². The zero-order chi connectivity index (χ0) is 25.0. The molecule has 0 aliphatic heterocycles. The molecule has 0 nitrogen and oxygen atoms in total. The minimum absolute atomic E-state index is 0. The molecule has 0 heterocycles. The topological polar surface area (TPSA) is 0 Å². The first-order valence-corrected chi connectivity index (χ1v) is 14.8. The Morgan fingerprint density at radius 2 is 0.455 bits per heavy atom. The molecule has 0 aromatic heterocycles. The van der Waals surface area contributed by atoms with E-state index in [4.69, 9.17) is 0 Å². The molecule has 0 spiro atoms. The fraction of sp³-hybridized carbons (Fsp3) is 0.875. The summed E-state index contributed by atoms with van der Waals surface area (Å²) in [7, 11) is 0. The maximum absolute atomic E-state index is 3.84. The Kier molecular flexibility index (Phi) is 71.2. The van der Waals surface area contributed by atoms with Gasteiger partial charge in [0.15, 0.2) is 0 Å². The summed E-state index contributed by atoms with van der Waals surface area (Å²) in [5, 5.41) is 0. The van der Waals surface area contributed by atoms with Crippen molar-refractivity contribution in [1.29, 1.82) is 0 Å². The van der Waals surface area contributed by atoms with Crippen LogP contribution in [0.3, 0.4) is 0 Å². The Labute approximate surface area is 228 Å². The molecule has 0 N–H and O–H groups in total. The summed E-state index contributed by atoms with van der Waals surface area (Å²) >= 11 is 0. The van der Waals surface area contributed by atoms with Gasteiger partial charge in [-0.1, -0.05) is 156 Å². The summed E-state index contributed by atoms with van der Waals surface area (Å²) in [4.78, 5) is 0. The molecule has 0 radical (unpaired) electrons. The van der Waals surface area contributed by atoms with Gasteiger partial charge in [-0.3, -0.25) is 0 Å². The zero-order valence-corrected chi connectivity index (χ0v) is 27.5. The van der Waals surface area contributed by atoms with Crippen molar-refractivity contribution in [3.63, 3.8) is 0 Å². The van der Waals surface area contributed by atoms with Crippen molar-refractivity contribution in [2.45, 2.75) is 182 Å². The molecule has 202 valence electrons. The second-order valence-corrected chi connectivity index (χ2v) is 9.07. The third-order valence-corrected chi connectivity index (χ3v) is 5.41. The van der Waals surface area contributed by atoms with Gasteiger partial charge in [0, 0.05) is 19.5 Å². The fourth-order valence-corrected chi connectivity index (χ4v) is 2.97. The van der Waals surface area contributed by atoms with E-state index in [9.17, 15) is 0 Å². The van der Waals surface area contributed by atoms with Crippen molar-refractivity contribution in [2.24, 2.45) is 0 Å². The van der Waals surface area contributed by atoms with Crippen molar-refractivity contribution in [2.75, 3.05) is 0 Å². The van der Waals surface area contributed by atoms with Crippen LogP contribution in [0.5, 0.6) is 0 Å². The van der Waals surface area contributed by atoms with E-state index in [-0.39, 0.29) is 19.5 Å². The molecule has 0 fully saturated rings.